The molecule has 0 heterocycles. The van der Waals surface area contributed by atoms with Crippen LogP contribution in [0.1, 0.15) is 33.1 Å². The molecule has 0 spiro atoms. The molecule has 0 aromatic rings. The van der Waals surface area contributed by atoms with Crippen LogP contribution in [0.4, 0.5) is 0 Å². The lowest BCUT2D eigenvalue weighted by atomic mass is 9.68. The van der Waals surface area contributed by atoms with E-state index < -0.39 is 11.3 Å². The molecular formula is C10H15NO3. The largest absolute Gasteiger partial charge is 0.298 e. The van der Waals surface area contributed by atoms with Crippen LogP contribution in [-0.4, -0.2) is 16.9 Å². The number of ketones is 1. The fraction of sp³-hybridized carbons (Fsp3) is 0.800. The third-order valence-corrected chi connectivity index (χ3v) is 4.39. The van der Waals surface area contributed by atoms with Crippen molar-refractivity contribution in [3.05, 3.63) is 0 Å². The third-order valence-electron chi connectivity index (χ3n) is 4.39. The van der Waals surface area contributed by atoms with E-state index in [9.17, 15) is 9.59 Å². The number of fused-ring (bicyclic) bond motifs is 2. The second-order valence-corrected chi connectivity index (χ2v) is 4.93. The molecule has 0 saturated heterocycles. The summed E-state index contributed by atoms with van der Waals surface area (Å²) in [6.07, 6.45) is 1.97. The summed E-state index contributed by atoms with van der Waals surface area (Å²) in [7, 11) is 0. The quantitative estimate of drug-likeness (QED) is 0.372. The maximum atomic E-state index is 11.8. The van der Waals surface area contributed by atoms with Gasteiger partial charge in [0.15, 0.2) is 0 Å². The van der Waals surface area contributed by atoms with Crippen molar-refractivity contribution in [2.24, 2.45) is 16.7 Å². The van der Waals surface area contributed by atoms with Gasteiger partial charge >= 0.3 is 0 Å². The fourth-order valence-corrected chi connectivity index (χ4v) is 3.30. The molecule has 0 radical (unpaired) electrons. The summed E-state index contributed by atoms with van der Waals surface area (Å²) < 4.78 is 0. The molecule has 2 aliphatic carbocycles. The summed E-state index contributed by atoms with van der Waals surface area (Å²) in [4.78, 5) is 23.4. The van der Waals surface area contributed by atoms with Crippen molar-refractivity contribution < 1.29 is 14.8 Å². The Labute approximate surface area is 82.6 Å². The Hall–Kier alpha value is -0.900. The monoisotopic (exact) mass is 197 g/mol. The average Bonchev–Trinajstić information content (AvgIpc) is 2.49. The average molecular weight is 197 g/mol. The molecule has 0 aromatic heterocycles. The molecule has 2 rings (SSSR count). The molecule has 0 aliphatic heterocycles. The van der Waals surface area contributed by atoms with Crippen molar-refractivity contribution in [2.75, 3.05) is 0 Å². The fourth-order valence-electron chi connectivity index (χ4n) is 3.30. The summed E-state index contributed by atoms with van der Waals surface area (Å²) in [5.74, 6) is -0.231. The maximum Gasteiger partial charge on any atom is 0.257 e. The Morgan fingerprint density at radius 2 is 2.21 bits per heavy atom. The van der Waals surface area contributed by atoms with Gasteiger partial charge in [0.1, 0.15) is 11.2 Å². The van der Waals surface area contributed by atoms with E-state index in [-0.39, 0.29) is 11.2 Å². The predicted molar refractivity (Wildman–Crippen MR) is 48.5 cm³/mol. The maximum absolute atomic E-state index is 11.8. The molecule has 1 amide bonds. The van der Waals surface area contributed by atoms with Crippen LogP contribution in [0.3, 0.4) is 0 Å². The van der Waals surface area contributed by atoms with Crippen LogP contribution >= 0.6 is 0 Å². The topological polar surface area (TPSA) is 66.4 Å². The van der Waals surface area contributed by atoms with Gasteiger partial charge in [0.05, 0.1) is 0 Å². The zero-order chi connectivity index (χ0) is 10.6. The first-order valence-electron chi connectivity index (χ1n) is 4.94. The Kier molecular flexibility index (Phi) is 1.77. The second kappa shape index (κ2) is 2.57. The van der Waals surface area contributed by atoms with Crippen LogP contribution in [0.5, 0.6) is 0 Å². The van der Waals surface area contributed by atoms with E-state index in [1.807, 2.05) is 13.8 Å². The number of nitrogens with one attached hydrogen (secondary N) is 1. The standard InChI is InChI=1S/C10H15NO3/c1-9(2)6-3-4-10(9,7(12)5-6)8(13)11-14/h6,14H,3-5H2,1-2H3,(H,11,13)/t6-,10+/m0/s1. The van der Waals surface area contributed by atoms with Gasteiger partial charge in [0.25, 0.3) is 5.91 Å². The first kappa shape index (κ1) is 9.65. The molecule has 0 aromatic carbocycles. The van der Waals surface area contributed by atoms with E-state index in [1.54, 1.807) is 5.48 Å². The number of carbonyl (C=O) groups excluding carboxylic acids is 2. The Bertz CT molecular complexity index is 310. The van der Waals surface area contributed by atoms with Crippen molar-refractivity contribution in [1.82, 2.24) is 5.48 Å². The summed E-state index contributed by atoms with van der Waals surface area (Å²) in [5.41, 5.74) is 0.377. The molecule has 2 aliphatic rings. The molecule has 2 bridgehead atoms. The van der Waals surface area contributed by atoms with Crippen LogP contribution in [-0.2, 0) is 9.59 Å². The number of hydrogen-bond acceptors (Lipinski definition) is 3. The third kappa shape index (κ3) is 0.780. The zero-order valence-corrected chi connectivity index (χ0v) is 8.46. The van der Waals surface area contributed by atoms with Crippen LogP contribution in [0.2, 0.25) is 0 Å². The van der Waals surface area contributed by atoms with Gasteiger partial charge in [0, 0.05) is 6.42 Å². The molecule has 4 nitrogen and oxygen atoms in total. The highest BCUT2D eigenvalue weighted by atomic mass is 16.5. The van der Waals surface area contributed by atoms with Crippen molar-refractivity contribution in [1.29, 1.82) is 0 Å². The Balaban J connectivity index is 2.49. The van der Waals surface area contributed by atoms with E-state index in [1.165, 1.54) is 0 Å². The van der Waals surface area contributed by atoms with E-state index in [0.717, 1.165) is 6.42 Å². The van der Waals surface area contributed by atoms with E-state index in [0.29, 0.717) is 18.8 Å². The highest BCUT2D eigenvalue weighted by Gasteiger charge is 2.68. The molecule has 78 valence electrons. The summed E-state index contributed by atoms with van der Waals surface area (Å²) in [5, 5.41) is 8.71. The molecule has 0 unspecified atom stereocenters. The van der Waals surface area contributed by atoms with Crippen molar-refractivity contribution in [3.8, 4) is 0 Å². The molecule has 4 heteroatoms. The number of Topliss-reactive ketones (excluding diaryl/α,β-unsaturated/α-hetero) is 1. The second-order valence-electron chi connectivity index (χ2n) is 4.93. The smallest absolute Gasteiger partial charge is 0.257 e. The molecule has 2 N–H and O–H groups in total. The van der Waals surface area contributed by atoms with Gasteiger partial charge in [0.2, 0.25) is 0 Å². The minimum Gasteiger partial charge on any atom is -0.298 e. The van der Waals surface area contributed by atoms with Crippen LogP contribution in [0.15, 0.2) is 0 Å². The number of hydrogen-bond donors (Lipinski definition) is 2. The number of hydroxylamine groups is 1. The molecular weight excluding hydrogens is 182 g/mol. The number of carbonyl (C=O) groups is 2. The summed E-state index contributed by atoms with van der Waals surface area (Å²) in [6, 6.07) is 0. The first-order chi connectivity index (χ1) is 6.46. The van der Waals surface area contributed by atoms with Crippen molar-refractivity contribution in [3.63, 3.8) is 0 Å². The Morgan fingerprint density at radius 3 is 2.57 bits per heavy atom. The lowest BCUT2D eigenvalue weighted by Crippen LogP contribution is -2.48. The van der Waals surface area contributed by atoms with Crippen LogP contribution < -0.4 is 5.48 Å². The molecule has 2 saturated carbocycles. The highest BCUT2D eigenvalue weighted by Crippen LogP contribution is 2.63. The number of rotatable bonds is 1. The lowest BCUT2D eigenvalue weighted by molar-refractivity contribution is -0.151. The molecule has 14 heavy (non-hydrogen) atoms. The summed E-state index contributed by atoms with van der Waals surface area (Å²) in [6.45, 7) is 3.90. The minimum absolute atomic E-state index is 0.00898. The van der Waals surface area contributed by atoms with Gasteiger partial charge in [-0.05, 0) is 24.2 Å². The van der Waals surface area contributed by atoms with Gasteiger partial charge in [-0.3, -0.25) is 14.8 Å². The highest BCUT2D eigenvalue weighted by molar-refractivity contribution is 6.09. The minimum atomic E-state index is -0.966. The van der Waals surface area contributed by atoms with E-state index in [2.05, 4.69) is 0 Å². The molecule has 2 fully saturated rings. The van der Waals surface area contributed by atoms with Crippen molar-refractivity contribution in [2.45, 2.75) is 33.1 Å². The lowest BCUT2D eigenvalue weighted by Gasteiger charge is -2.33. The normalized spacial score (nSPS) is 38.8. The van der Waals surface area contributed by atoms with Crippen molar-refractivity contribution >= 4 is 11.7 Å². The predicted octanol–water partition coefficient (Wildman–Crippen LogP) is 0.887. The van der Waals surface area contributed by atoms with Gasteiger partial charge in [-0.15, -0.1) is 0 Å². The van der Waals surface area contributed by atoms with E-state index in [4.69, 9.17) is 5.21 Å². The van der Waals surface area contributed by atoms with Gasteiger partial charge < -0.3 is 0 Å². The number of amides is 1. The van der Waals surface area contributed by atoms with Crippen LogP contribution in [0, 0.1) is 16.7 Å². The van der Waals surface area contributed by atoms with Gasteiger partial charge in [-0.1, -0.05) is 13.8 Å². The van der Waals surface area contributed by atoms with Gasteiger partial charge in [-0.2, -0.15) is 0 Å². The van der Waals surface area contributed by atoms with E-state index >= 15 is 0 Å². The first-order valence-corrected chi connectivity index (χ1v) is 4.94. The summed E-state index contributed by atoms with van der Waals surface area (Å²) >= 11 is 0. The SMILES string of the molecule is CC1(C)[C@H]2CC[C@]1(C(=O)NO)C(=O)C2. The van der Waals surface area contributed by atoms with Crippen LogP contribution in [0.25, 0.3) is 0 Å². The zero-order valence-electron chi connectivity index (χ0n) is 8.46. The Morgan fingerprint density at radius 1 is 1.57 bits per heavy atom. The molecule has 2 atom stereocenters. The van der Waals surface area contributed by atoms with Gasteiger partial charge in [-0.25, -0.2) is 5.48 Å².